The van der Waals surface area contributed by atoms with Crippen molar-refractivity contribution in [2.45, 2.75) is 0 Å². The molecule has 0 fully saturated rings. The predicted octanol–water partition coefficient (Wildman–Crippen LogP) is -3.43. The maximum absolute atomic E-state index is 8.74. The SMILES string of the molecule is O=S(=O)(O)O.S.[H-].[Na+].[Pd]. The Morgan fingerprint density at radius 2 is 1.25 bits per heavy atom. The zero-order valence-corrected chi connectivity index (χ0v) is 9.31. The molecule has 52 valence electrons. The monoisotopic (exact) mass is 262 g/mol. The van der Waals surface area contributed by atoms with Crippen LogP contribution in [0.1, 0.15) is 1.43 Å². The van der Waals surface area contributed by atoms with Gasteiger partial charge in [0.1, 0.15) is 0 Å². The topological polar surface area (TPSA) is 74.6 Å². The maximum Gasteiger partial charge on any atom is 1.00 e. The van der Waals surface area contributed by atoms with Gasteiger partial charge in [0, 0.05) is 20.4 Å². The standard InChI is InChI=1S/Na.H2O4S.Pd.H2S.H/c;1-5(2,3)4;;;/h;(H2,1,2,3,4);;1H2;/q+1;;;;-1. The molecule has 0 saturated heterocycles. The molecule has 8 heteroatoms. The molecule has 8 heavy (non-hydrogen) atoms. The molecule has 0 rings (SSSR count). The fourth-order valence-corrected chi connectivity index (χ4v) is 0. The van der Waals surface area contributed by atoms with E-state index >= 15 is 0 Å². The first kappa shape index (κ1) is 22.5. The minimum Gasteiger partial charge on any atom is -1.00 e. The van der Waals surface area contributed by atoms with Crippen molar-refractivity contribution in [1.82, 2.24) is 0 Å². The van der Waals surface area contributed by atoms with E-state index in [0.717, 1.165) is 0 Å². The van der Waals surface area contributed by atoms with E-state index in [1.54, 1.807) is 0 Å². The largest absolute Gasteiger partial charge is 1.00 e. The zero-order chi connectivity index (χ0) is 4.50. The van der Waals surface area contributed by atoms with Gasteiger partial charge in [-0.15, -0.1) is 0 Å². The fraction of sp³-hybridized carbons (Fsp3) is 0. The van der Waals surface area contributed by atoms with E-state index < -0.39 is 10.4 Å². The Balaban J connectivity index is -0.0000000133. The van der Waals surface area contributed by atoms with E-state index in [9.17, 15) is 0 Å². The maximum atomic E-state index is 8.74. The van der Waals surface area contributed by atoms with Crippen LogP contribution >= 0.6 is 13.5 Å². The van der Waals surface area contributed by atoms with Gasteiger partial charge >= 0.3 is 40.0 Å². The summed E-state index contributed by atoms with van der Waals surface area (Å²) >= 11 is 0. The van der Waals surface area contributed by atoms with Crippen LogP contribution in [0, 0.1) is 0 Å². The van der Waals surface area contributed by atoms with Crippen molar-refractivity contribution < 1.29 is 68.9 Å². The van der Waals surface area contributed by atoms with Crippen LogP contribution in [0.15, 0.2) is 0 Å². The average molecular weight is 263 g/mol. The van der Waals surface area contributed by atoms with Crippen molar-refractivity contribution in [3.8, 4) is 0 Å². The first-order valence-electron chi connectivity index (χ1n) is 0.698. The van der Waals surface area contributed by atoms with E-state index in [1.807, 2.05) is 0 Å². The summed E-state index contributed by atoms with van der Waals surface area (Å²) in [5.41, 5.74) is 0. The summed E-state index contributed by atoms with van der Waals surface area (Å²) in [4.78, 5) is 0. The molecule has 0 radical (unpaired) electrons. The van der Waals surface area contributed by atoms with Crippen LogP contribution in [0.25, 0.3) is 0 Å². The Morgan fingerprint density at radius 1 is 1.25 bits per heavy atom. The van der Waals surface area contributed by atoms with Crippen molar-refractivity contribution in [2.24, 2.45) is 0 Å². The number of hydrogen-bond acceptors (Lipinski definition) is 2. The smallest absolute Gasteiger partial charge is 1.00 e. The quantitative estimate of drug-likeness (QED) is 0.352. The van der Waals surface area contributed by atoms with Crippen LogP contribution in [-0.4, -0.2) is 17.5 Å². The minimum absolute atomic E-state index is 0. The van der Waals surface area contributed by atoms with E-state index in [0.29, 0.717) is 0 Å². The molecule has 0 aliphatic heterocycles. The Kier molecular flexibility index (Phi) is 25.0. The normalized spacial score (nSPS) is 7.25. The summed E-state index contributed by atoms with van der Waals surface area (Å²) in [5.74, 6) is 0. The molecule has 0 unspecified atom stereocenters. The molecule has 2 N–H and O–H groups in total. The van der Waals surface area contributed by atoms with Gasteiger partial charge in [-0.05, 0) is 0 Å². The number of hydrogen-bond donors (Lipinski definition) is 2. The Morgan fingerprint density at radius 3 is 1.25 bits per heavy atom. The van der Waals surface area contributed by atoms with Gasteiger partial charge in [-0.1, -0.05) is 0 Å². The van der Waals surface area contributed by atoms with Crippen molar-refractivity contribution in [3.05, 3.63) is 0 Å². The van der Waals surface area contributed by atoms with E-state index in [1.165, 1.54) is 0 Å². The molecular weight excluding hydrogens is 258 g/mol. The molecule has 0 aliphatic carbocycles. The van der Waals surface area contributed by atoms with E-state index in [2.05, 4.69) is 0 Å². The predicted molar refractivity (Wildman–Crippen MR) is 25.7 cm³/mol. The molecule has 0 aromatic rings. The van der Waals surface area contributed by atoms with Gasteiger partial charge in [0.05, 0.1) is 0 Å². The Labute approximate surface area is 91.9 Å². The van der Waals surface area contributed by atoms with Gasteiger partial charge in [0.25, 0.3) is 0 Å². The van der Waals surface area contributed by atoms with Crippen molar-refractivity contribution >= 4 is 23.9 Å². The van der Waals surface area contributed by atoms with Gasteiger partial charge in [0.2, 0.25) is 0 Å². The van der Waals surface area contributed by atoms with Crippen LogP contribution < -0.4 is 29.6 Å². The van der Waals surface area contributed by atoms with Crippen LogP contribution in [0.5, 0.6) is 0 Å². The fourth-order valence-electron chi connectivity index (χ4n) is 0. The molecule has 0 aromatic heterocycles. The first-order valence-corrected chi connectivity index (χ1v) is 2.10. The average Bonchev–Trinajstić information content (AvgIpc) is 0.722. The second-order valence-electron chi connectivity index (χ2n) is 0.448. The summed E-state index contributed by atoms with van der Waals surface area (Å²) in [6.07, 6.45) is 0. The number of rotatable bonds is 0. The van der Waals surface area contributed by atoms with Gasteiger partial charge in [-0.2, -0.15) is 21.9 Å². The van der Waals surface area contributed by atoms with E-state index in [4.69, 9.17) is 17.5 Å². The Bertz CT molecular complexity index is 102. The molecule has 0 bridgehead atoms. The summed E-state index contributed by atoms with van der Waals surface area (Å²) in [6.45, 7) is 0. The molecule has 0 atom stereocenters. The van der Waals surface area contributed by atoms with Crippen LogP contribution in [-0.2, 0) is 30.8 Å². The first-order chi connectivity index (χ1) is 2.00. The van der Waals surface area contributed by atoms with Gasteiger partial charge in [-0.25, -0.2) is 0 Å². The Hall–Kier alpha value is 1.88. The summed E-state index contributed by atoms with van der Waals surface area (Å²) in [5, 5.41) is 0. The second-order valence-corrected chi connectivity index (χ2v) is 1.34. The molecule has 0 aromatic carbocycles. The summed E-state index contributed by atoms with van der Waals surface area (Å²) in [7, 11) is -4.67. The summed E-state index contributed by atoms with van der Waals surface area (Å²) < 4.78 is 31.6. The molecule has 0 spiro atoms. The molecule has 0 heterocycles. The summed E-state index contributed by atoms with van der Waals surface area (Å²) in [6, 6.07) is 0. The molecular formula is H5NaO4PdS2. The van der Waals surface area contributed by atoms with Crippen LogP contribution in [0.2, 0.25) is 0 Å². The van der Waals surface area contributed by atoms with Gasteiger partial charge in [0.15, 0.2) is 0 Å². The van der Waals surface area contributed by atoms with Crippen molar-refractivity contribution in [3.63, 3.8) is 0 Å². The zero-order valence-electron chi connectivity index (χ0n) is 4.94. The van der Waals surface area contributed by atoms with Crippen LogP contribution in [0.4, 0.5) is 0 Å². The molecule has 0 aliphatic rings. The van der Waals surface area contributed by atoms with Gasteiger partial charge in [-0.3, -0.25) is 9.11 Å². The molecule has 0 saturated carbocycles. The second kappa shape index (κ2) is 8.88. The molecule has 0 amide bonds. The van der Waals surface area contributed by atoms with Gasteiger partial charge < -0.3 is 1.43 Å². The third kappa shape index (κ3) is 105. The van der Waals surface area contributed by atoms with Crippen molar-refractivity contribution in [2.75, 3.05) is 0 Å². The molecule has 4 nitrogen and oxygen atoms in total. The third-order valence-electron chi connectivity index (χ3n) is 0. The minimum atomic E-state index is -4.67. The van der Waals surface area contributed by atoms with E-state index in [-0.39, 0.29) is 64.9 Å². The van der Waals surface area contributed by atoms with Crippen molar-refractivity contribution in [1.29, 1.82) is 0 Å². The third-order valence-corrected chi connectivity index (χ3v) is 0. The van der Waals surface area contributed by atoms with Crippen LogP contribution in [0.3, 0.4) is 0 Å².